The average molecular weight is 333 g/mol. The summed E-state index contributed by atoms with van der Waals surface area (Å²) in [5, 5.41) is 0. The van der Waals surface area contributed by atoms with Crippen molar-refractivity contribution in [3.63, 3.8) is 0 Å². The van der Waals surface area contributed by atoms with E-state index < -0.39 is 10.0 Å². The van der Waals surface area contributed by atoms with E-state index in [2.05, 4.69) is 20.8 Å². The Labute approximate surface area is 136 Å². The Morgan fingerprint density at radius 2 is 1.77 bits per heavy atom. The number of nitrogens with zero attached hydrogens (tertiary/aromatic N) is 2. The zero-order valence-corrected chi connectivity index (χ0v) is 15.5. The lowest BCUT2D eigenvalue weighted by atomic mass is 9.95. The maximum Gasteiger partial charge on any atom is 0.225 e. The maximum atomic E-state index is 12.6. The zero-order chi connectivity index (χ0) is 16.9. The van der Waals surface area contributed by atoms with E-state index in [-0.39, 0.29) is 23.6 Å². The van der Waals surface area contributed by atoms with Crippen molar-refractivity contribution in [2.24, 2.45) is 11.8 Å². The van der Waals surface area contributed by atoms with E-state index in [1.165, 1.54) is 0 Å². The molecule has 0 saturated carbocycles. The maximum absolute atomic E-state index is 12.6. The fraction of sp³-hybridized carbons (Fsp3) is 0.938. The highest BCUT2D eigenvalue weighted by Gasteiger charge is 2.32. The van der Waals surface area contributed by atoms with Crippen molar-refractivity contribution in [3.8, 4) is 0 Å². The van der Waals surface area contributed by atoms with Gasteiger partial charge in [0, 0.05) is 32.1 Å². The number of sulfonamides is 1. The number of hydrogen-bond acceptors (Lipinski definition) is 3. The highest BCUT2D eigenvalue weighted by molar-refractivity contribution is 7.89. The third-order valence-electron chi connectivity index (χ3n) is 4.48. The predicted octanol–water partition coefficient (Wildman–Crippen LogP) is 2.33. The number of rotatable bonds is 7. The van der Waals surface area contributed by atoms with Gasteiger partial charge in [-0.2, -0.15) is 0 Å². The third kappa shape index (κ3) is 5.23. The van der Waals surface area contributed by atoms with E-state index in [0.29, 0.717) is 38.3 Å². The lowest BCUT2D eigenvalue weighted by molar-refractivity contribution is -0.137. The molecule has 6 heteroatoms. The van der Waals surface area contributed by atoms with E-state index in [1.807, 2.05) is 18.9 Å². The van der Waals surface area contributed by atoms with Crippen LogP contribution in [-0.2, 0) is 14.8 Å². The van der Waals surface area contributed by atoms with Crippen LogP contribution in [0.1, 0.15) is 53.4 Å². The first-order valence-electron chi connectivity index (χ1n) is 8.43. The van der Waals surface area contributed by atoms with Crippen molar-refractivity contribution in [2.45, 2.75) is 59.4 Å². The summed E-state index contributed by atoms with van der Waals surface area (Å²) < 4.78 is 25.7. The molecule has 1 aliphatic heterocycles. The van der Waals surface area contributed by atoms with E-state index in [0.717, 1.165) is 6.42 Å². The SMILES string of the molecule is CCCS(=O)(=O)N1CCC(C(=O)N(C)C(C)CC(C)C)CC1. The van der Waals surface area contributed by atoms with Crippen LogP contribution in [0, 0.1) is 11.8 Å². The van der Waals surface area contributed by atoms with Gasteiger partial charge in [0.15, 0.2) is 0 Å². The zero-order valence-electron chi connectivity index (χ0n) is 14.7. The topological polar surface area (TPSA) is 57.7 Å². The van der Waals surface area contributed by atoms with Gasteiger partial charge in [0.1, 0.15) is 0 Å². The molecule has 1 amide bonds. The molecule has 130 valence electrons. The summed E-state index contributed by atoms with van der Waals surface area (Å²) in [4.78, 5) is 14.4. The highest BCUT2D eigenvalue weighted by atomic mass is 32.2. The molecule has 0 aromatic rings. The Bertz CT molecular complexity index is 454. The largest absolute Gasteiger partial charge is 0.343 e. The number of piperidine rings is 1. The smallest absolute Gasteiger partial charge is 0.225 e. The molecule has 22 heavy (non-hydrogen) atoms. The molecule has 0 aromatic carbocycles. The lowest BCUT2D eigenvalue weighted by Crippen LogP contribution is -2.46. The van der Waals surface area contributed by atoms with Gasteiger partial charge in [-0.25, -0.2) is 12.7 Å². The molecule has 1 saturated heterocycles. The molecule has 1 fully saturated rings. The van der Waals surface area contributed by atoms with Crippen LogP contribution in [0.5, 0.6) is 0 Å². The van der Waals surface area contributed by atoms with Crippen molar-refractivity contribution < 1.29 is 13.2 Å². The first-order valence-corrected chi connectivity index (χ1v) is 10.0. The van der Waals surface area contributed by atoms with Gasteiger partial charge < -0.3 is 4.90 Å². The molecule has 0 bridgehead atoms. The fourth-order valence-corrected chi connectivity index (χ4v) is 4.65. The monoisotopic (exact) mass is 332 g/mol. The second-order valence-corrected chi connectivity index (χ2v) is 9.01. The molecule has 5 nitrogen and oxygen atoms in total. The molecule has 1 unspecified atom stereocenters. The number of carbonyl (C=O) groups excluding carboxylic acids is 1. The molecular weight excluding hydrogens is 300 g/mol. The van der Waals surface area contributed by atoms with Gasteiger partial charge in [0.2, 0.25) is 15.9 Å². The van der Waals surface area contributed by atoms with E-state index in [4.69, 9.17) is 0 Å². The molecule has 1 rings (SSSR count). The van der Waals surface area contributed by atoms with Crippen molar-refractivity contribution in [2.75, 3.05) is 25.9 Å². The summed E-state index contributed by atoms with van der Waals surface area (Å²) in [6, 6.07) is 0.231. The van der Waals surface area contributed by atoms with Gasteiger partial charge in [0.05, 0.1) is 5.75 Å². The summed E-state index contributed by atoms with van der Waals surface area (Å²) >= 11 is 0. The Morgan fingerprint density at radius 3 is 2.23 bits per heavy atom. The summed E-state index contributed by atoms with van der Waals surface area (Å²) in [6.45, 7) is 9.23. The van der Waals surface area contributed by atoms with E-state index in [9.17, 15) is 13.2 Å². The molecule has 0 aromatic heterocycles. The molecule has 1 atom stereocenters. The van der Waals surface area contributed by atoms with Crippen molar-refractivity contribution >= 4 is 15.9 Å². The molecular formula is C16H32N2O3S. The Balaban J connectivity index is 2.55. The van der Waals surface area contributed by atoms with E-state index in [1.54, 1.807) is 4.31 Å². The summed E-state index contributed by atoms with van der Waals surface area (Å²) in [5.74, 6) is 0.899. The van der Waals surface area contributed by atoms with Crippen molar-refractivity contribution in [1.29, 1.82) is 0 Å². The molecule has 1 heterocycles. The Hall–Kier alpha value is -0.620. The fourth-order valence-electron chi connectivity index (χ4n) is 3.11. The van der Waals surface area contributed by atoms with E-state index >= 15 is 0 Å². The lowest BCUT2D eigenvalue weighted by Gasteiger charge is -2.34. The predicted molar refractivity (Wildman–Crippen MR) is 90.1 cm³/mol. The van der Waals surface area contributed by atoms with Crippen LogP contribution in [0.2, 0.25) is 0 Å². The summed E-state index contributed by atoms with van der Waals surface area (Å²) in [5.41, 5.74) is 0. The molecule has 1 aliphatic rings. The molecule has 0 spiro atoms. The quantitative estimate of drug-likeness (QED) is 0.719. The van der Waals surface area contributed by atoms with Gasteiger partial charge in [-0.1, -0.05) is 20.8 Å². The van der Waals surface area contributed by atoms with Crippen molar-refractivity contribution in [3.05, 3.63) is 0 Å². The number of amides is 1. The van der Waals surface area contributed by atoms with Gasteiger partial charge in [-0.15, -0.1) is 0 Å². The minimum absolute atomic E-state index is 0.0345. The second-order valence-electron chi connectivity index (χ2n) is 6.92. The summed E-state index contributed by atoms with van der Waals surface area (Å²) in [6.07, 6.45) is 2.91. The first-order chi connectivity index (χ1) is 10.2. The van der Waals surface area contributed by atoms with Gasteiger partial charge in [-0.05, 0) is 38.5 Å². The van der Waals surface area contributed by atoms with Gasteiger partial charge in [-0.3, -0.25) is 4.79 Å². The molecule has 0 radical (unpaired) electrons. The van der Waals surface area contributed by atoms with Crippen LogP contribution in [0.3, 0.4) is 0 Å². The molecule has 0 aliphatic carbocycles. The van der Waals surface area contributed by atoms with Crippen LogP contribution in [0.15, 0.2) is 0 Å². The number of carbonyl (C=O) groups is 1. The minimum atomic E-state index is -3.13. The summed E-state index contributed by atoms with van der Waals surface area (Å²) in [7, 11) is -1.26. The normalized spacial score (nSPS) is 19.4. The number of hydrogen-bond donors (Lipinski definition) is 0. The third-order valence-corrected chi connectivity index (χ3v) is 6.56. The van der Waals surface area contributed by atoms with Crippen LogP contribution < -0.4 is 0 Å². The Morgan fingerprint density at radius 1 is 1.23 bits per heavy atom. The van der Waals surface area contributed by atoms with Crippen LogP contribution in [0.4, 0.5) is 0 Å². The van der Waals surface area contributed by atoms with Crippen LogP contribution in [-0.4, -0.2) is 55.5 Å². The highest BCUT2D eigenvalue weighted by Crippen LogP contribution is 2.23. The van der Waals surface area contributed by atoms with Crippen molar-refractivity contribution in [1.82, 2.24) is 9.21 Å². The first kappa shape index (κ1) is 19.4. The van der Waals surface area contributed by atoms with Crippen LogP contribution in [0.25, 0.3) is 0 Å². The second kappa shape index (κ2) is 8.29. The standard InChI is InChI=1S/C16H32N2O3S/c1-6-11-22(20,21)18-9-7-15(8-10-18)16(19)17(5)14(4)12-13(2)3/h13-15H,6-12H2,1-5H3. The Kier molecular flexibility index (Phi) is 7.32. The molecule has 0 N–H and O–H groups in total. The van der Waals surface area contributed by atoms with Crippen LogP contribution >= 0.6 is 0 Å². The van der Waals surface area contributed by atoms with Gasteiger partial charge >= 0.3 is 0 Å². The minimum Gasteiger partial charge on any atom is -0.343 e. The average Bonchev–Trinajstić information content (AvgIpc) is 2.45. The van der Waals surface area contributed by atoms with Gasteiger partial charge in [0.25, 0.3) is 0 Å².